The van der Waals surface area contributed by atoms with E-state index in [2.05, 4.69) is 24.5 Å². The molecule has 1 aliphatic heterocycles. The summed E-state index contributed by atoms with van der Waals surface area (Å²) < 4.78 is 38.7. The lowest BCUT2D eigenvalue weighted by Crippen LogP contribution is -2.37. The molecular weight excluding hydrogens is 431 g/mol. The van der Waals surface area contributed by atoms with Gasteiger partial charge in [0.05, 0.1) is 17.7 Å². The predicted molar refractivity (Wildman–Crippen MR) is 123 cm³/mol. The zero-order valence-electron chi connectivity index (χ0n) is 19.0. The molecule has 1 heterocycles. The third-order valence-electron chi connectivity index (χ3n) is 5.10. The Kier molecular flexibility index (Phi) is 7.99. The number of hydrogen-bond donors (Lipinski definition) is 3. The molecule has 6 nitrogen and oxygen atoms in total. The maximum absolute atomic E-state index is 12.9. The quantitative estimate of drug-likeness (QED) is 0.548. The van der Waals surface area contributed by atoms with Crippen molar-refractivity contribution in [3.05, 3.63) is 77.1 Å². The maximum Gasteiger partial charge on any atom is 0.416 e. The Morgan fingerprint density at radius 3 is 2.36 bits per heavy atom. The summed E-state index contributed by atoms with van der Waals surface area (Å²) in [4.78, 5) is 7.62. The molecule has 9 heteroatoms. The molecule has 0 bridgehead atoms. The molecule has 33 heavy (non-hydrogen) atoms. The minimum Gasteiger partial charge on any atom is -0.367 e. The third kappa shape index (κ3) is 6.97. The van der Waals surface area contributed by atoms with Crippen LogP contribution in [0.1, 0.15) is 25.0 Å². The number of hydroxylamine groups is 2. The zero-order chi connectivity index (χ0) is 24.0. The van der Waals surface area contributed by atoms with Crippen LogP contribution in [0, 0.1) is 11.3 Å². The van der Waals surface area contributed by atoms with Crippen LogP contribution < -0.4 is 10.6 Å². The van der Waals surface area contributed by atoms with E-state index in [1.54, 1.807) is 5.06 Å². The first-order chi connectivity index (χ1) is 15.6. The van der Waals surface area contributed by atoms with Gasteiger partial charge < -0.3 is 15.5 Å². The molecule has 2 aromatic carbocycles. The molecule has 1 fully saturated rings. The third-order valence-corrected chi connectivity index (χ3v) is 5.10. The van der Waals surface area contributed by atoms with E-state index in [9.17, 15) is 13.2 Å². The standard InChI is InChI=1S/C24H30F3N5O/c1-17(2)14-32-16-33-31(3)15-21(22(32)28)23(30-20-7-5-4-6-8-20)29-13-18-9-11-19(12-10-18)24(25,26)27/h4-12,17,28-30H,13-16H2,1-3H3/b23-21+,28-22?. The number of halogens is 3. The zero-order valence-corrected chi connectivity index (χ0v) is 19.0. The summed E-state index contributed by atoms with van der Waals surface area (Å²) in [6.07, 6.45) is -4.37. The van der Waals surface area contributed by atoms with Gasteiger partial charge in [-0.05, 0) is 35.7 Å². The lowest BCUT2D eigenvalue weighted by Gasteiger charge is -2.26. The van der Waals surface area contributed by atoms with Gasteiger partial charge in [0, 0.05) is 25.8 Å². The van der Waals surface area contributed by atoms with Crippen molar-refractivity contribution in [3.63, 3.8) is 0 Å². The molecule has 0 atom stereocenters. The number of hydrogen-bond acceptors (Lipinski definition) is 5. The Balaban J connectivity index is 1.90. The van der Waals surface area contributed by atoms with Crippen molar-refractivity contribution in [1.82, 2.24) is 15.3 Å². The van der Waals surface area contributed by atoms with Crippen LogP contribution in [-0.4, -0.2) is 42.7 Å². The van der Waals surface area contributed by atoms with Gasteiger partial charge in [0.2, 0.25) is 0 Å². The summed E-state index contributed by atoms with van der Waals surface area (Å²) in [5, 5.41) is 17.2. The van der Waals surface area contributed by atoms with E-state index in [-0.39, 0.29) is 6.73 Å². The topological polar surface area (TPSA) is 63.6 Å². The normalized spacial score (nSPS) is 17.2. The molecule has 1 saturated heterocycles. The van der Waals surface area contributed by atoms with Crippen LogP contribution in [0.25, 0.3) is 0 Å². The molecule has 2 aromatic rings. The first-order valence-electron chi connectivity index (χ1n) is 10.8. The van der Waals surface area contributed by atoms with Crippen LogP contribution in [0.4, 0.5) is 18.9 Å². The van der Waals surface area contributed by atoms with Crippen LogP contribution in [0.15, 0.2) is 66.0 Å². The van der Waals surface area contributed by atoms with Gasteiger partial charge in [0.1, 0.15) is 18.4 Å². The highest BCUT2D eigenvalue weighted by Gasteiger charge is 2.30. The fourth-order valence-corrected chi connectivity index (χ4v) is 3.44. The van der Waals surface area contributed by atoms with E-state index in [0.717, 1.165) is 17.8 Å². The summed E-state index contributed by atoms with van der Waals surface area (Å²) in [6.45, 7) is 5.75. The molecule has 0 amide bonds. The average molecular weight is 462 g/mol. The monoisotopic (exact) mass is 461 g/mol. The van der Waals surface area contributed by atoms with Gasteiger partial charge in [-0.3, -0.25) is 10.2 Å². The van der Waals surface area contributed by atoms with Crippen molar-refractivity contribution in [2.75, 3.05) is 32.2 Å². The van der Waals surface area contributed by atoms with Crippen LogP contribution in [0.5, 0.6) is 0 Å². The first-order valence-corrected chi connectivity index (χ1v) is 10.8. The minimum absolute atomic E-state index is 0.272. The predicted octanol–water partition coefficient (Wildman–Crippen LogP) is 4.89. The smallest absolute Gasteiger partial charge is 0.367 e. The van der Waals surface area contributed by atoms with Crippen molar-refractivity contribution < 1.29 is 18.0 Å². The van der Waals surface area contributed by atoms with Gasteiger partial charge in [-0.1, -0.05) is 44.2 Å². The minimum atomic E-state index is -4.37. The van der Waals surface area contributed by atoms with Crippen LogP contribution in [0.2, 0.25) is 0 Å². The number of nitrogens with zero attached hydrogens (tertiary/aromatic N) is 2. The van der Waals surface area contributed by atoms with Crippen molar-refractivity contribution >= 4 is 11.5 Å². The molecule has 0 radical (unpaired) electrons. The van der Waals surface area contributed by atoms with Crippen molar-refractivity contribution in [2.45, 2.75) is 26.6 Å². The fourth-order valence-electron chi connectivity index (χ4n) is 3.44. The van der Waals surface area contributed by atoms with E-state index in [4.69, 9.17) is 10.2 Å². The molecule has 1 aliphatic rings. The lowest BCUT2D eigenvalue weighted by molar-refractivity contribution is -0.153. The number of likely N-dealkylation sites (N-methyl/N-ethyl adjacent to an activating group) is 1. The maximum atomic E-state index is 12.9. The molecule has 0 spiro atoms. The van der Waals surface area contributed by atoms with Gasteiger partial charge in [-0.25, -0.2) is 0 Å². The number of amidine groups is 1. The van der Waals surface area contributed by atoms with E-state index in [1.807, 2.05) is 42.3 Å². The Hall–Kier alpha value is -3.04. The Labute approximate surface area is 192 Å². The Bertz CT molecular complexity index is 958. The van der Waals surface area contributed by atoms with E-state index >= 15 is 0 Å². The van der Waals surface area contributed by atoms with Crippen molar-refractivity contribution in [1.29, 1.82) is 5.41 Å². The molecular formula is C24H30F3N5O. The van der Waals surface area contributed by atoms with Crippen molar-refractivity contribution in [3.8, 4) is 0 Å². The first kappa shape index (κ1) is 24.6. The van der Waals surface area contributed by atoms with Crippen LogP contribution in [-0.2, 0) is 17.6 Å². The number of para-hydroxylation sites is 1. The number of anilines is 1. The van der Waals surface area contributed by atoms with Gasteiger partial charge in [0.15, 0.2) is 0 Å². The summed E-state index contributed by atoms with van der Waals surface area (Å²) in [5.74, 6) is 1.29. The van der Waals surface area contributed by atoms with Gasteiger partial charge in [-0.15, -0.1) is 0 Å². The highest BCUT2D eigenvalue weighted by Crippen LogP contribution is 2.29. The Morgan fingerprint density at radius 2 is 1.76 bits per heavy atom. The molecule has 3 N–H and O–H groups in total. The number of alkyl halides is 3. The highest BCUT2D eigenvalue weighted by atomic mass is 19.4. The lowest BCUT2D eigenvalue weighted by atomic mass is 10.1. The van der Waals surface area contributed by atoms with Gasteiger partial charge in [-0.2, -0.15) is 18.2 Å². The Morgan fingerprint density at radius 1 is 1.09 bits per heavy atom. The van der Waals surface area contributed by atoms with Crippen LogP contribution >= 0.6 is 0 Å². The largest absolute Gasteiger partial charge is 0.416 e. The molecule has 0 aliphatic carbocycles. The number of benzene rings is 2. The second kappa shape index (κ2) is 10.7. The number of rotatable bonds is 7. The second-order valence-corrected chi connectivity index (χ2v) is 8.40. The molecule has 3 rings (SSSR count). The molecule has 178 valence electrons. The summed E-state index contributed by atoms with van der Waals surface area (Å²) in [6, 6.07) is 14.6. The van der Waals surface area contributed by atoms with Crippen LogP contribution in [0.3, 0.4) is 0 Å². The van der Waals surface area contributed by atoms with E-state index < -0.39 is 11.7 Å². The van der Waals surface area contributed by atoms with Gasteiger partial charge >= 0.3 is 6.18 Å². The summed E-state index contributed by atoms with van der Waals surface area (Å²) in [5.41, 5.74) is 1.54. The average Bonchev–Trinajstić information content (AvgIpc) is 2.90. The SMILES string of the molecule is CC(C)CN1CON(C)C/C(=C(/NCc2ccc(C(F)(F)F)cc2)Nc2ccccc2)C1=N. The summed E-state index contributed by atoms with van der Waals surface area (Å²) >= 11 is 0. The fraction of sp³-hybridized carbons (Fsp3) is 0.375. The van der Waals surface area contributed by atoms with E-state index in [0.29, 0.717) is 48.3 Å². The van der Waals surface area contributed by atoms with Gasteiger partial charge in [0.25, 0.3) is 0 Å². The molecule has 0 saturated carbocycles. The second-order valence-electron chi connectivity index (χ2n) is 8.40. The number of nitrogens with one attached hydrogen (secondary N) is 3. The van der Waals surface area contributed by atoms with Crippen molar-refractivity contribution in [2.24, 2.45) is 5.92 Å². The molecule has 0 aromatic heterocycles. The molecule has 0 unspecified atom stereocenters. The highest BCUT2D eigenvalue weighted by molar-refractivity contribution is 5.97. The summed E-state index contributed by atoms with van der Waals surface area (Å²) in [7, 11) is 1.81. The van der Waals surface area contributed by atoms with E-state index in [1.165, 1.54) is 12.1 Å².